The van der Waals surface area contributed by atoms with Gasteiger partial charge in [0.15, 0.2) is 0 Å². The van der Waals surface area contributed by atoms with Crippen molar-refractivity contribution in [1.29, 1.82) is 0 Å². The number of amides is 1. The van der Waals surface area contributed by atoms with Gasteiger partial charge in [0.05, 0.1) is 12.5 Å². The van der Waals surface area contributed by atoms with Crippen molar-refractivity contribution in [3.05, 3.63) is 0 Å². The molecule has 3 fully saturated rings. The third-order valence-electron chi connectivity index (χ3n) is 5.83. The Morgan fingerprint density at radius 2 is 1.81 bits per heavy atom. The van der Waals surface area contributed by atoms with Crippen molar-refractivity contribution in [3.8, 4) is 0 Å². The number of hydrogen-bond donors (Lipinski definition) is 2. The number of carboxylic acid groups (broad SMARTS) is 1. The number of aliphatic carboxylic acids is 1. The molecule has 0 aromatic carbocycles. The molecule has 1 amide bonds. The molecule has 21 heavy (non-hydrogen) atoms. The fourth-order valence-electron chi connectivity index (χ4n) is 4.52. The van der Waals surface area contributed by atoms with Gasteiger partial charge in [0.1, 0.15) is 0 Å². The van der Waals surface area contributed by atoms with Crippen molar-refractivity contribution in [2.45, 2.75) is 45.1 Å². The molecular formula is C16H26N2O3. The highest BCUT2D eigenvalue weighted by Crippen LogP contribution is 2.48. The van der Waals surface area contributed by atoms with E-state index in [-0.39, 0.29) is 17.9 Å². The quantitative estimate of drug-likeness (QED) is 0.821. The number of piperidine rings is 1. The Morgan fingerprint density at radius 1 is 1.14 bits per heavy atom. The third-order valence-corrected chi connectivity index (χ3v) is 5.83. The normalized spacial score (nSPS) is 36.1. The molecule has 4 atom stereocenters. The molecule has 0 aromatic heterocycles. The SMILES string of the molecule is CC1CCN(C(=O)CNC2C3CCC(C3)C2C(=O)O)CC1. The Bertz CT molecular complexity index is 418. The largest absolute Gasteiger partial charge is 0.481 e. The fraction of sp³-hybridized carbons (Fsp3) is 0.875. The molecule has 2 bridgehead atoms. The van der Waals surface area contributed by atoms with Crippen LogP contribution < -0.4 is 5.32 Å². The highest BCUT2D eigenvalue weighted by atomic mass is 16.4. The zero-order valence-electron chi connectivity index (χ0n) is 12.8. The number of carbonyl (C=O) groups is 2. The monoisotopic (exact) mass is 294 g/mol. The van der Waals surface area contributed by atoms with Gasteiger partial charge in [-0.1, -0.05) is 6.92 Å². The van der Waals surface area contributed by atoms with Crippen molar-refractivity contribution in [3.63, 3.8) is 0 Å². The zero-order valence-corrected chi connectivity index (χ0v) is 12.8. The van der Waals surface area contributed by atoms with Gasteiger partial charge in [-0.2, -0.15) is 0 Å². The molecule has 1 aliphatic heterocycles. The van der Waals surface area contributed by atoms with Crippen LogP contribution in [0, 0.1) is 23.7 Å². The Balaban J connectivity index is 1.52. The maximum absolute atomic E-state index is 12.3. The van der Waals surface area contributed by atoms with Gasteiger partial charge in [0.2, 0.25) is 5.91 Å². The first-order chi connectivity index (χ1) is 10.1. The molecule has 3 aliphatic rings. The number of carboxylic acids is 1. The summed E-state index contributed by atoms with van der Waals surface area (Å²) in [6, 6.07) is -0.00564. The van der Waals surface area contributed by atoms with Crippen LogP contribution in [0.2, 0.25) is 0 Å². The molecule has 2 aliphatic carbocycles. The van der Waals surface area contributed by atoms with E-state index in [0.29, 0.717) is 24.3 Å². The molecule has 0 radical (unpaired) electrons. The molecule has 1 saturated heterocycles. The number of rotatable bonds is 4. The average Bonchev–Trinajstić information content (AvgIpc) is 3.06. The highest BCUT2D eigenvalue weighted by Gasteiger charge is 2.50. The molecule has 4 unspecified atom stereocenters. The van der Waals surface area contributed by atoms with E-state index in [1.165, 1.54) is 0 Å². The lowest BCUT2D eigenvalue weighted by atomic mass is 9.84. The van der Waals surface area contributed by atoms with E-state index >= 15 is 0 Å². The van der Waals surface area contributed by atoms with E-state index in [0.717, 1.165) is 45.2 Å². The predicted octanol–water partition coefficient (Wildman–Crippen LogP) is 1.33. The molecule has 2 N–H and O–H groups in total. The number of nitrogens with one attached hydrogen (secondary N) is 1. The summed E-state index contributed by atoms with van der Waals surface area (Å²) in [4.78, 5) is 25.6. The van der Waals surface area contributed by atoms with Crippen LogP contribution in [0.15, 0.2) is 0 Å². The van der Waals surface area contributed by atoms with Gasteiger partial charge in [-0.25, -0.2) is 0 Å². The van der Waals surface area contributed by atoms with E-state index in [2.05, 4.69) is 12.2 Å². The van der Waals surface area contributed by atoms with Gasteiger partial charge >= 0.3 is 5.97 Å². The minimum Gasteiger partial charge on any atom is -0.481 e. The molecule has 0 spiro atoms. The Kier molecular flexibility index (Phi) is 4.20. The van der Waals surface area contributed by atoms with Crippen molar-refractivity contribution in [1.82, 2.24) is 10.2 Å². The molecule has 1 heterocycles. The van der Waals surface area contributed by atoms with Gasteiger partial charge in [-0.15, -0.1) is 0 Å². The van der Waals surface area contributed by atoms with Crippen LogP contribution in [0.5, 0.6) is 0 Å². The number of hydrogen-bond acceptors (Lipinski definition) is 3. The van der Waals surface area contributed by atoms with Crippen LogP contribution in [-0.4, -0.2) is 47.6 Å². The summed E-state index contributed by atoms with van der Waals surface area (Å²) in [6.07, 6.45) is 5.33. The lowest BCUT2D eigenvalue weighted by Crippen LogP contribution is -2.49. The lowest BCUT2D eigenvalue weighted by Gasteiger charge is -2.32. The van der Waals surface area contributed by atoms with Crippen LogP contribution >= 0.6 is 0 Å². The molecule has 3 rings (SSSR count). The summed E-state index contributed by atoms with van der Waals surface area (Å²) in [7, 11) is 0. The van der Waals surface area contributed by atoms with Gasteiger partial charge in [0, 0.05) is 19.1 Å². The van der Waals surface area contributed by atoms with Crippen molar-refractivity contribution in [2.75, 3.05) is 19.6 Å². The summed E-state index contributed by atoms with van der Waals surface area (Å²) >= 11 is 0. The molecule has 2 saturated carbocycles. The second-order valence-corrected chi connectivity index (χ2v) is 7.17. The molecule has 5 heteroatoms. The van der Waals surface area contributed by atoms with E-state index in [9.17, 15) is 14.7 Å². The van der Waals surface area contributed by atoms with Crippen molar-refractivity contribution >= 4 is 11.9 Å². The third kappa shape index (κ3) is 2.93. The van der Waals surface area contributed by atoms with Crippen LogP contribution in [0.25, 0.3) is 0 Å². The lowest BCUT2D eigenvalue weighted by molar-refractivity contribution is -0.145. The molecule has 118 valence electrons. The first-order valence-corrected chi connectivity index (χ1v) is 8.30. The zero-order chi connectivity index (χ0) is 15.0. The smallest absolute Gasteiger partial charge is 0.308 e. The number of fused-ring (bicyclic) bond motifs is 2. The molecular weight excluding hydrogens is 268 g/mol. The number of carbonyl (C=O) groups excluding carboxylic acids is 1. The van der Waals surface area contributed by atoms with E-state index < -0.39 is 5.97 Å². The van der Waals surface area contributed by atoms with Gasteiger partial charge in [0.25, 0.3) is 0 Å². The Morgan fingerprint density at radius 3 is 2.48 bits per heavy atom. The van der Waals surface area contributed by atoms with Crippen LogP contribution in [-0.2, 0) is 9.59 Å². The Hall–Kier alpha value is -1.10. The molecule has 0 aromatic rings. The summed E-state index contributed by atoms with van der Waals surface area (Å²) < 4.78 is 0. The average molecular weight is 294 g/mol. The summed E-state index contributed by atoms with van der Waals surface area (Å²) in [5.41, 5.74) is 0. The minimum atomic E-state index is -0.695. The topological polar surface area (TPSA) is 69.6 Å². The molecule has 5 nitrogen and oxygen atoms in total. The van der Waals surface area contributed by atoms with Gasteiger partial charge in [-0.3, -0.25) is 9.59 Å². The van der Waals surface area contributed by atoms with E-state index in [4.69, 9.17) is 0 Å². The van der Waals surface area contributed by atoms with E-state index in [1.54, 1.807) is 0 Å². The van der Waals surface area contributed by atoms with Gasteiger partial charge < -0.3 is 15.3 Å². The van der Waals surface area contributed by atoms with Crippen LogP contribution in [0.3, 0.4) is 0 Å². The summed E-state index contributed by atoms with van der Waals surface area (Å²) in [5, 5.41) is 12.7. The second kappa shape index (κ2) is 5.95. The van der Waals surface area contributed by atoms with Crippen molar-refractivity contribution in [2.24, 2.45) is 23.7 Å². The van der Waals surface area contributed by atoms with E-state index in [1.807, 2.05) is 4.90 Å². The first-order valence-electron chi connectivity index (χ1n) is 8.30. The van der Waals surface area contributed by atoms with Crippen LogP contribution in [0.1, 0.15) is 39.0 Å². The van der Waals surface area contributed by atoms with Crippen LogP contribution in [0.4, 0.5) is 0 Å². The van der Waals surface area contributed by atoms with Crippen molar-refractivity contribution < 1.29 is 14.7 Å². The standard InChI is InChI=1S/C16H26N2O3/c1-10-4-6-18(7-5-10)13(19)9-17-15-12-3-2-11(8-12)14(15)16(20)21/h10-12,14-15,17H,2-9H2,1H3,(H,20,21). The second-order valence-electron chi connectivity index (χ2n) is 7.17. The maximum atomic E-state index is 12.3. The Labute approximate surface area is 126 Å². The number of likely N-dealkylation sites (tertiary alicyclic amines) is 1. The first kappa shape index (κ1) is 14.8. The summed E-state index contributed by atoms with van der Waals surface area (Å²) in [6.45, 7) is 4.22. The maximum Gasteiger partial charge on any atom is 0.308 e. The number of nitrogens with zero attached hydrogens (tertiary/aromatic N) is 1. The summed E-state index contributed by atoms with van der Waals surface area (Å²) in [5.74, 6) is 0.621. The minimum absolute atomic E-state index is 0.00564. The highest BCUT2D eigenvalue weighted by molar-refractivity contribution is 5.78. The van der Waals surface area contributed by atoms with Gasteiger partial charge in [-0.05, 0) is 49.9 Å². The fourth-order valence-corrected chi connectivity index (χ4v) is 4.52. The predicted molar refractivity (Wildman–Crippen MR) is 78.7 cm³/mol.